The zero-order chi connectivity index (χ0) is 26.5. The van der Waals surface area contributed by atoms with Gasteiger partial charge in [-0.1, -0.05) is 76.3 Å². The molecule has 1 aliphatic carbocycles. The van der Waals surface area contributed by atoms with E-state index < -0.39 is 0 Å². The molecule has 1 saturated heterocycles. The lowest BCUT2D eigenvalue weighted by atomic mass is 9.88. The van der Waals surface area contributed by atoms with Crippen molar-refractivity contribution in [2.24, 2.45) is 11.8 Å². The van der Waals surface area contributed by atoms with Gasteiger partial charge in [0.15, 0.2) is 0 Å². The number of hydrogen-bond acceptors (Lipinski definition) is 4. The molecule has 2 fully saturated rings. The second-order valence-electron chi connectivity index (χ2n) is 10.7. The van der Waals surface area contributed by atoms with Gasteiger partial charge in [0.2, 0.25) is 11.8 Å². The fourth-order valence-corrected chi connectivity index (χ4v) is 5.68. The van der Waals surface area contributed by atoms with Gasteiger partial charge >= 0.3 is 0 Å². The molecule has 0 aromatic heterocycles. The number of rotatable bonds is 13. The Morgan fingerprint density at radius 3 is 2.49 bits per heavy atom. The average Bonchev–Trinajstić information content (AvgIpc) is 2.95. The molecule has 1 aromatic carbocycles. The Morgan fingerprint density at radius 1 is 1.08 bits per heavy atom. The molecule has 0 N–H and O–H groups in total. The zero-order valence-electron chi connectivity index (χ0n) is 23.5. The van der Waals surface area contributed by atoms with Gasteiger partial charge in [0.25, 0.3) is 0 Å². The highest BCUT2D eigenvalue weighted by Gasteiger charge is 2.28. The van der Waals surface area contributed by atoms with E-state index in [0.29, 0.717) is 18.4 Å². The molecule has 1 heterocycles. The summed E-state index contributed by atoms with van der Waals surface area (Å²) in [4.78, 5) is 33.0. The summed E-state index contributed by atoms with van der Waals surface area (Å²) >= 11 is 0. The average molecular weight is 512 g/mol. The van der Waals surface area contributed by atoms with E-state index in [1.54, 1.807) is 7.11 Å². The molecule has 1 aromatic rings. The van der Waals surface area contributed by atoms with Crippen molar-refractivity contribution < 1.29 is 14.3 Å². The van der Waals surface area contributed by atoms with Crippen LogP contribution in [0.15, 0.2) is 30.3 Å². The summed E-state index contributed by atoms with van der Waals surface area (Å²) in [5.74, 6) is 1.82. The number of amides is 2. The molecule has 206 valence electrons. The number of methoxy groups -OCH3 is 1. The van der Waals surface area contributed by atoms with E-state index in [1.807, 2.05) is 24.3 Å². The van der Waals surface area contributed by atoms with Crippen LogP contribution in [0, 0.1) is 11.8 Å². The molecule has 1 atom stereocenters. The third-order valence-corrected chi connectivity index (χ3v) is 8.15. The largest absolute Gasteiger partial charge is 0.496 e. The van der Waals surface area contributed by atoms with Crippen LogP contribution >= 0.6 is 0 Å². The molecule has 2 amide bonds. The molecule has 0 bridgehead atoms. The number of piperazine rings is 1. The summed E-state index contributed by atoms with van der Waals surface area (Å²) in [6, 6.07) is 7.97. The van der Waals surface area contributed by atoms with E-state index in [2.05, 4.69) is 40.7 Å². The second-order valence-corrected chi connectivity index (χ2v) is 10.7. The van der Waals surface area contributed by atoms with Crippen molar-refractivity contribution in [1.29, 1.82) is 0 Å². The lowest BCUT2D eigenvalue weighted by Crippen LogP contribution is -2.52. The number of para-hydroxylation sites is 1. The Balaban J connectivity index is 1.55. The van der Waals surface area contributed by atoms with Crippen molar-refractivity contribution in [3.05, 3.63) is 35.9 Å². The second kappa shape index (κ2) is 15.8. The van der Waals surface area contributed by atoms with Gasteiger partial charge in [0.1, 0.15) is 5.75 Å². The first kappa shape index (κ1) is 29.2. The Bertz CT molecular complexity index is 857. The topological polar surface area (TPSA) is 53.1 Å². The molecule has 1 aliphatic heterocycles. The first-order valence-corrected chi connectivity index (χ1v) is 14.7. The van der Waals surface area contributed by atoms with Crippen LogP contribution in [0.4, 0.5) is 0 Å². The van der Waals surface area contributed by atoms with Crippen LogP contribution in [-0.4, -0.2) is 79.4 Å². The highest BCUT2D eigenvalue weighted by molar-refractivity contribution is 5.79. The first-order chi connectivity index (χ1) is 18.1. The smallest absolute Gasteiger partial charge is 0.226 e. The highest BCUT2D eigenvalue weighted by Crippen LogP contribution is 2.26. The van der Waals surface area contributed by atoms with Gasteiger partial charge in [-0.2, -0.15) is 0 Å². The highest BCUT2D eigenvalue weighted by atomic mass is 16.5. The van der Waals surface area contributed by atoms with Crippen LogP contribution in [0.5, 0.6) is 5.75 Å². The van der Waals surface area contributed by atoms with Gasteiger partial charge in [-0.15, -0.1) is 0 Å². The van der Waals surface area contributed by atoms with E-state index in [0.717, 1.165) is 102 Å². The summed E-state index contributed by atoms with van der Waals surface area (Å²) in [5, 5.41) is 0. The Morgan fingerprint density at radius 2 is 1.81 bits per heavy atom. The predicted molar refractivity (Wildman–Crippen MR) is 152 cm³/mol. The SMILES string of the molecule is CCCCC(CC)C(=O)N1CCN(CCN(CC=Cc2ccccc2OC)C(=O)C2CCCCC2)CC1. The standard InChI is InChI=1S/C31H49N3O3/c1-4-6-13-26(5-2)30(35)34-24-21-32(22-25-34)20-23-33(31(36)28-15-8-7-9-16-28)19-12-17-27-14-10-11-18-29(27)37-3/h10-12,14,17-18,26,28H,4-9,13,15-16,19-25H2,1-3H3. The minimum atomic E-state index is 0.164. The third kappa shape index (κ3) is 8.87. The van der Waals surface area contributed by atoms with Crippen LogP contribution in [0.3, 0.4) is 0 Å². The van der Waals surface area contributed by atoms with Gasteiger partial charge in [-0.05, 0) is 31.7 Å². The van der Waals surface area contributed by atoms with Crippen LogP contribution < -0.4 is 4.74 Å². The summed E-state index contributed by atoms with van der Waals surface area (Å²) in [5.41, 5.74) is 1.03. The minimum absolute atomic E-state index is 0.164. The molecule has 37 heavy (non-hydrogen) atoms. The Labute approximate surface area is 225 Å². The maximum Gasteiger partial charge on any atom is 0.226 e. The van der Waals surface area contributed by atoms with Crippen molar-refractivity contribution in [3.63, 3.8) is 0 Å². The lowest BCUT2D eigenvalue weighted by molar-refractivity contribution is -0.137. The lowest BCUT2D eigenvalue weighted by Gasteiger charge is -2.37. The van der Waals surface area contributed by atoms with Crippen molar-refractivity contribution in [2.75, 3.05) is 52.9 Å². The number of benzene rings is 1. The summed E-state index contributed by atoms with van der Waals surface area (Å²) < 4.78 is 5.47. The van der Waals surface area contributed by atoms with E-state index in [-0.39, 0.29) is 11.8 Å². The van der Waals surface area contributed by atoms with Gasteiger partial charge in [0.05, 0.1) is 7.11 Å². The zero-order valence-corrected chi connectivity index (χ0v) is 23.5. The Hall–Kier alpha value is -2.34. The van der Waals surface area contributed by atoms with Crippen LogP contribution in [-0.2, 0) is 9.59 Å². The molecule has 6 heteroatoms. The van der Waals surface area contributed by atoms with Crippen molar-refractivity contribution in [1.82, 2.24) is 14.7 Å². The summed E-state index contributed by atoms with van der Waals surface area (Å²) in [7, 11) is 1.69. The van der Waals surface area contributed by atoms with E-state index in [9.17, 15) is 9.59 Å². The fourth-order valence-electron chi connectivity index (χ4n) is 5.68. The monoisotopic (exact) mass is 511 g/mol. The summed E-state index contributed by atoms with van der Waals surface area (Å²) in [6.07, 6.45) is 14.0. The molecule has 1 saturated carbocycles. The van der Waals surface area contributed by atoms with E-state index >= 15 is 0 Å². The number of hydrogen-bond donors (Lipinski definition) is 0. The van der Waals surface area contributed by atoms with Gasteiger partial charge in [-0.3, -0.25) is 14.5 Å². The Kier molecular flexibility index (Phi) is 12.5. The number of unbranched alkanes of at least 4 members (excludes halogenated alkanes) is 1. The first-order valence-electron chi connectivity index (χ1n) is 14.7. The van der Waals surface area contributed by atoms with Crippen LogP contribution in [0.25, 0.3) is 6.08 Å². The van der Waals surface area contributed by atoms with E-state index in [4.69, 9.17) is 4.74 Å². The summed E-state index contributed by atoms with van der Waals surface area (Å²) in [6.45, 7) is 9.89. The normalized spacial score (nSPS) is 18.2. The molecule has 2 aliphatic rings. The third-order valence-electron chi connectivity index (χ3n) is 8.15. The van der Waals surface area contributed by atoms with Gasteiger partial charge in [-0.25, -0.2) is 0 Å². The quantitative estimate of drug-likeness (QED) is 0.352. The van der Waals surface area contributed by atoms with Crippen LogP contribution in [0.2, 0.25) is 0 Å². The predicted octanol–water partition coefficient (Wildman–Crippen LogP) is 5.48. The van der Waals surface area contributed by atoms with Crippen molar-refractivity contribution in [3.8, 4) is 5.75 Å². The molecular formula is C31H49N3O3. The van der Waals surface area contributed by atoms with Crippen molar-refractivity contribution in [2.45, 2.75) is 71.6 Å². The fraction of sp³-hybridized carbons (Fsp3) is 0.677. The number of carbonyl (C=O) groups excluding carboxylic acids is 2. The molecule has 0 spiro atoms. The molecule has 3 rings (SSSR count). The maximum atomic E-state index is 13.5. The number of ether oxygens (including phenoxy) is 1. The van der Waals surface area contributed by atoms with Gasteiger partial charge < -0.3 is 14.5 Å². The molecule has 0 radical (unpaired) electrons. The van der Waals surface area contributed by atoms with Crippen LogP contribution in [0.1, 0.15) is 77.2 Å². The number of carbonyl (C=O) groups is 2. The maximum absolute atomic E-state index is 13.5. The van der Waals surface area contributed by atoms with E-state index in [1.165, 1.54) is 6.42 Å². The van der Waals surface area contributed by atoms with Gasteiger partial charge in [0, 0.05) is 63.2 Å². The number of nitrogens with zero attached hydrogens (tertiary/aromatic N) is 3. The molecular weight excluding hydrogens is 462 g/mol. The molecule has 1 unspecified atom stereocenters. The van der Waals surface area contributed by atoms with Crippen molar-refractivity contribution >= 4 is 17.9 Å². The molecule has 6 nitrogen and oxygen atoms in total. The minimum Gasteiger partial charge on any atom is -0.496 e.